The second-order valence-corrected chi connectivity index (χ2v) is 4.50. The minimum atomic E-state index is -0.241. The molecule has 5 heteroatoms. The van der Waals surface area contributed by atoms with E-state index in [9.17, 15) is 4.39 Å². The Morgan fingerprint density at radius 1 is 1.50 bits per heavy atom. The Morgan fingerprint density at radius 2 is 2.22 bits per heavy atom. The van der Waals surface area contributed by atoms with Gasteiger partial charge in [-0.2, -0.15) is 0 Å². The van der Waals surface area contributed by atoms with Crippen molar-refractivity contribution in [3.05, 3.63) is 35.6 Å². The number of nitrogens with zero attached hydrogens (tertiary/aromatic N) is 1. The molecular formula is C13H20FN3O. The van der Waals surface area contributed by atoms with Crippen molar-refractivity contribution >= 4 is 0 Å². The largest absolute Gasteiger partial charge is 0.374 e. The van der Waals surface area contributed by atoms with Crippen molar-refractivity contribution in [2.75, 3.05) is 26.2 Å². The fourth-order valence-corrected chi connectivity index (χ4v) is 2.31. The number of ether oxygens (including phenoxy) is 1. The van der Waals surface area contributed by atoms with Crippen molar-refractivity contribution in [1.29, 1.82) is 0 Å². The van der Waals surface area contributed by atoms with Crippen LogP contribution in [-0.4, -0.2) is 37.2 Å². The summed E-state index contributed by atoms with van der Waals surface area (Å²) >= 11 is 0. The average Bonchev–Trinajstić information content (AvgIpc) is 2.42. The summed E-state index contributed by atoms with van der Waals surface area (Å²) in [5.41, 5.74) is 3.72. The van der Waals surface area contributed by atoms with E-state index in [0.717, 1.165) is 25.2 Å². The van der Waals surface area contributed by atoms with Gasteiger partial charge in [0.15, 0.2) is 0 Å². The number of hydrogen-bond acceptors (Lipinski definition) is 4. The number of hydrazine groups is 1. The second kappa shape index (κ2) is 6.24. The summed E-state index contributed by atoms with van der Waals surface area (Å²) in [4.78, 5) is 2.32. The number of benzene rings is 1. The first kappa shape index (κ1) is 13.4. The molecule has 3 N–H and O–H groups in total. The second-order valence-electron chi connectivity index (χ2n) is 4.50. The highest BCUT2D eigenvalue weighted by molar-refractivity contribution is 5.21. The van der Waals surface area contributed by atoms with Crippen molar-refractivity contribution in [3.8, 4) is 0 Å². The molecule has 100 valence electrons. The van der Waals surface area contributed by atoms with Gasteiger partial charge in [-0.1, -0.05) is 19.1 Å². The van der Waals surface area contributed by atoms with E-state index in [2.05, 4.69) is 17.2 Å². The number of hydrogen-bond donors (Lipinski definition) is 2. The first-order valence-corrected chi connectivity index (χ1v) is 6.30. The van der Waals surface area contributed by atoms with Gasteiger partial charge in [-0.3, -0.25) is 16.2 Å². The number of nitrogens with one attached hydrogen (secondary N) is 1. The third-order valence-electron chi connectivity index (χ3n) is 3.41. The van der Waals surface area contributed by atoms with Gasteiger partial charge in [-0.05, 0) is 24.2 Å². The Labute approximate surface area is 107 Å². The van der Waals surface area contributed by atoms with E-state index in [1.807, 2.05) is 0 Å². The van der Waals surface area contributed by atoms with E-state index in [1.165, 1.54) is 12.1 Å². The summed E-state index contributed by atoms with van der Waals surface area (Å²) in [6, 6.07) is 6.27. The van der Waals surface area contributed by atoms with Gasteiger partial charge < -0.3 is 4.74 Å². The average molecular weight is 253 g/mol. The first-order chi connectivity index (χ1) is 8.74. The van der Waals surface area contributed by atoms with Gasteiger partial charge in [-0.25, -0.2) is 4.39 Å². The van der Waals surface area contributed by atoms with E-state index >= 15 is 0 Å². The molecule has 1 aromatic carbocycles. The molecule has 0 saturated carbocycles. The first-order valence-electron chi connectivity index (χ1n) is 6.30. The van der Waals surface area contributed by atoms with Gasteiger partial charge in [0.2, 0.25) is 0 Å². The molecule has 4 nitrogen and oxygen atoms in total. The van der Waals surface area contributed by atoms with E-state index < -0.39 is 0 Å². The van der Waals surface area contributed by atoms with Gasteiger partial charge in [0.1, 0.15) is 5.82 Å². The van der Waals surface area contributed by atoms with Crippen LogP contribution in [0, 0.1) is 5.82 Å². The summed E-state index contributed by atoms with van der Waals surface area (Å²) in [6.07, 6.45) is -0.00541. The van der Waals surface area contributed by atoms with E-state index in [-0.39, 0.29) is 18.0 Å². The lowest BCUT2D eigenvalue weighted by Crippen LogP contribution is -2.49. The molecule has 0 amide bonds. The Hall–Kier alpha value is -1.01. The highest BCUT2D eigenvalue weighted by Gasteiger charge is 2.28. The van der Waals surface area contributed by atoms with Crippen LogP contribution in [0.4, 0.5) is 4.39 Å². The van der Waals surface area contributed by atoms with Gasteiger partial charge in [0.25, 0.3) is 0 Å². The number of morpholine rings is 1. The molecule has 1 saturated heterocycles. The lowest BCUT2D eigenvalue weighted by molar-refractivity contribution is -0.0456. The molecule has 1 fully saturated rings. The molecule has 1 aliphatic rings. The zero-order chi connectivity index (χ0) is 13.0. The molecule has 1 aliphatic heterocycles. The SMILES string of the molecule is CCN1CCOC(C(NN)c2ccc(F)cc2)C1. The third kappa shape index (κ3) is 3.05. The summed E-state index contributed by atoms with van der Waals surface area (Å²) in [6.45, 7) is 5.63. The summed E-state index contributed by atoms with van der Waals surface area (Å²) in [5.74, 6) is 5.38. The van der Waals surface area contributed by atoms with Crippen LogP contribution in [0.2, 0.25) is 0 Å². The lowest BCUT2D eigenvalue weighted by atomic mass is 10.0. The van der Waals surface area contributed by atoms with E-state index in [4.69, 9.17) is 10.6 Å². The van der Waals surface area contributed by atoms with Crippen molar-refractivity contribution in [2.24, 2.45) is 5.84 Å². The van der Waals surface area contributed by atoms with Gasteiger partial charge in [0, 0.05) is 13.1 Å². The molecule has 2 atom stereocenters. The smallest absolute Gasteiger partial charge is 0.123 e. The maximum atomic E-state index is 12.9. The van der Waals surface area contributed by atoms with Crippen molar-refractivity contribution in [2.45, 2.75) is 19.1 Å². The van der Waals surface area contributed by atoms with Gasteiger partial charge in [0.05, 0.1) is 18.8 Å². The quantitative estimate of drug-likeness (QED) is 0.622. The van der Waals surface area contributed by atoms with Gasteiger partial charge >= 0.3 is 0 Å². The van der Waals surface area contributed by atoms with Gasteiger partial charge in [-0.15, -0.1) is 0 Å². The monoisotopic (exact) mass is 253 g/mol. The van der Waals surface area contributed by atoms with Crippen molar-refractivity contribution in [1.82, 2.24) is 10.3 Å². The molecule has 0 aromatic heterocycles. The molecule has 0 radical (unpaired) electrons. The molecule has 18 heavy (non-hydrogen) atoms. The summed E-state index contributed by atoms with van der Waals surface area (Å²) in [5, 5.41) is 0. The van der Waals surface area contributed by atoms with Crippen LogP contribution in [0.1, 0.15) is 18.5 Å². The Balaban J connectivity index is 2.10. The Morgan fingerprint density at radius 3 is 2.83 bits per heavy atom. The molecule has 0 bridgehead atoms. The number of rotatable bonds is 4. The van der Waals surface area contributed by atoms with E-state index in [0.29, 0.717) is 6.61 Å². The normalized spacial score (nSPS) is 22.9. The highest BCUT2D eigenvalue weighted by Crippen LogP contribution is 2.22. The molecule has 0 spiro atoms. The predicted octanol–water partition coefficient (Wildman–Crippen LogP) is 1.05. The minimum absolute atomic E-state index is 0.00541. The van der Waals surface area contributed by atoms with Crippen LogP contribution in [-0.2, 0) is 4.74 Å². The fourth-order valence-electron chi connectivity index (χ4n) is 2.31. The van der Waals surface area contributed by atoms with Crippen LogP contribution in [0.15, 0.2) is 24.3 Å². The predicted molar refractivity (Wildman–Crippen MR) is 68.3 cm³/mol. The van der Waals surface area contributed by atoms with Crippen LogP contribution < -0.4 is 11.3 Å². The molecular weight excluding hydrogens is 233 g/mol. The molecule has 0 aliphatic carbocycles. The standard InChI is InChI=1S/C13H20FN3O/c1-2-17-7-8-18-12(9-17)13(16-15)10-3-5-11(14)6-4-10/h3-6,12-13,16H,2,7-9,15H2,1H3. The van der Waals surface area contributed by atoms with Crippen LogP contribution >= 0.6 is 0 Å². The zero-order valence-corrected chi connectivity index (χ0v) is 10.6. The third-order valence-corrected chi connectivity index (χ3v) is 3.41. The fraction of sp³-hybridized carbons (Fsp3) is 0.538. The zero-order valence-electron chi connectivity index (χ0n) is 10.6. The Kier molecular flexibility index (Phi) is 4.66. The maximum Gasteiger partial charge on any atom is 0.123 e. The maximum absolute atomic E-state index is 12.9. The number of halogens is 1. The number of nitrogens with two attached hydrogens (primary N) is 1. The summed E-state index contributed by atoms with van der Waals surface area (Å²) < 4.78 is 18.7. The molecule has 2 unspecified atom stereocenters. The minimum Gasteiger partial charge on any atom is -0.374 e. The van der Waals surface area contributed by atoms with Crippen LogP contribution in [0.5, 0.6) is 0 Å². The van der Waals surface area contributed by atoms with Crippen LogP contribution in [0.25, 0.3) is 0 Å². The highest BCUT2D eigenvalue weighted by atomic mass is 19.1. The lowest BCUT2D eigenvalue weighted by Gasteiger charge is -2.36. The molecule has 1 aromatic rings. The Bertz CT molecular complexity index is 371. The van der Waals surface area contributed by atoms with Crippen LogP contribution in [0.3, 0.4) is 0 Å². The van der Waals surface area contributed by atoms with Crippen molar-refractivity contribution in [3.63, 3.8) is 0 Å². The molecule has 2 rings (SSSR count). The number of likely N-dealkylation sites (N-methyl/N-ethyl adjacent to an activating group) is 1. The topological polar surface area (TPSA) is 50.5 Å². The van der Waals surface area contributed by atoms with Crippen molar-refractivity contribution < 1.29 is 9.13 Å². The molecule has 1 heterocycles. The summed E-state index contributed by atoms with van der Waals surface area (Å²) in [7, 11) is 0. The van der Waals surface area contributed by atoms with E-state index in [1.54, 1.807) is 12.1 Å².